The lowest BCUT2D eigenvalue weighted by molar-refractivity contribution is -0.124. The third-order valence-electron chi connectivity index (χ3n) is 5.48. The molecule has 0 fully saturated rings. The highest BCUT2D eigenvalue weighted by molar-refractivity contribution is 14.1. The number of anilines is 4. The monoisotopic (exact) mass is 547 g/mol. The van der Waals surface area contributed by atoms with E-state index in [-0.39, 0.29) is 24.1 Å². The standard InChI is InChI=1S/C26H18IN3O3/c27-21-8-4-3-7-20(21)26(33)28-17-10-12-18(13-11-17)30-22-14-9-16-5-1-2-6-19(16)25(22)29-23(31)15-24(30)32/h1-14H,15H2,(H,28,33)(H,29,31). The van der Waals surface area contributed by atoms with Crippen LogP contribution in [0.1, 0.15) is 16.8 Å². The lowest BCUT2D eigenvalue weighted by Gasteiger charge is -2.23. The summed E-state index contributed by atoms with van der Waals surface area (Å²) in [6, 6.07) is 25.9. The molecule has 0 aromatic heterocycles. The van der Waals surface area contributed by atoms with Crippen LogP contribution in [0, 0.1) is 3.57 Å². The number of carbonyl (C=O) groups excluding carboxylic acids is 3. The van der Waals surface area contributed by atoms with E-state index in [1.807, 2.05) is 54.6 Å². The van der Waals surface area contributed by atoms with Gasteiger partial charge in [-0.1, -0.05) is 42.5 Å². The highest BCUT2D eigenvalue weighted by Crippen LogP contribution is 2.40. The van der Waals surface area contributed by atoms with Crippen molar-refractivity contribution in [2.24, 2.45) is 0 Å². The molecule has 0 radical (unpaired) electrons. The van der Waals surface area contributed by atoms with Crippen molar-refractivity contribution in [1.82, 2.24) is 0 Å². The minimum atomic E-state index is -0.346. The molecule has 2 N–H and O–H groups in total. The van der Waals surface area contributed by atoms with Gasteiger partial charge < -0.3 is 10.6 Å². The highest BCUT2D eigenvalue weighted by atomic mass is 127. The molecule has 0 saturated carbocycles. The number of halogens is 1. The number of carbonyl (C=O) groups is 3. The highest BCUT2D eigenvalue weighted by Gasteiger charge is 2.28. The number of rotatable bonds is 3. The predicted octanol–water partition coefficient (Wildman–Crippen LogP) is 5.70. The van der Waals surface area contributed by atoms with E-state index in [4.69, 9.17) is 0 Å². The fourth-order valence-electron chi connectivity index (χ4n) is 3.93. The summed E-state index contributed by atoms with van der Waals surface area (Å²) in [5, 5.41) is 7.62. The van der Waals surface area contributed by atoms with Gasteiger partial charge >= 0.3 is 0 Å². The third kappa shape index (κ3) is 4.07. The van der Waals surface area contributed by atoms with Crippen molar-refractivity contribution < 1.29 is 14.4 Å². The molecule has 4 aromatic carbocycles. The molecular weight excluding hydrogens is 529 g/mol. The van der Waals surface area contributed by atoms with Crippen LogP contribution in [0.2, 0.25) is 0 Å². The first-order valence-corrected chi connectivity index (χ1v) is 11.4. The molecule has 0 bridgehead atoms. The van der Waals surface area contributed by atoms with E-state index in [1.165, 1.54) is 0 Å². The second-order valence-electron chi connectivity index (χ2n) is 7.62. The molecule has 7 heteroatoms. The molecule has 1 aliphatic heterocycles. The molecule has 1 heterocycles. The van der Waals surface area contributed by atoms with Gasteiger partial charge in [-0.2, -0.15) is 0 Å². The quantitative estimate of drug-likeness (QED) is 0.255. The zero-order valence-electron chi connectivity index (χ0n) is 17.3. The Morgan fingerprint density at radius 2 is 1.61 bits per heavy atom. The topological polar surface area (TPSA) is 78.5 Å². The van der Waals surface area contributed by atoms with Crippen molar-refractivity contribution in [2.75, 3.05) is 15.5 Å². The number of nitrogens with one attached hydrogen (secondary N) is 2. The van der Waals surface area contributed by atoms with Crippen LogP contribution in [-0.4, -0.2) is 17.7 Å². The molecule has 0 atom stereocenters. The zero-order chi connectivity index (χ0) is 22.9. The Labute approximate surface area is 203 Å². The number of benzene rings is 4. The molecule has 1 aliphatic rings. The maximum absolute atomic E-state index is 13.0. The van der Waals surface area contributed by atoms with E-state index >= 15 is 0 Å². The van der Waals surface area contributed by atoms with Crippen molar-refractivity contribution in [2.45, 2.75) is 6.42 Å². The molecule has 5 rings (SSSR count). The summed E-state index contributed by atoms with van der Waals surface area (Å²) in [5.41, 5.74) is 3.04. The van der Waals surface area contributed by atoms with E-state index < -0.39 is 0 Å². The minimum absolute atomic E-state index is 0.204. The van der Waals surface area contributed by atoms with Gasteiger partial charge in [0, 0.05) is 20.3 Å². The van der Waals surface area contributed by atoms with E-state index in [1.54, 1.807) is 35.2 Å². The summed E-state index contributed by atoms with van der Waals surface area (Å²) in [6.07, 6.45) is -0.256. The van der Waals surface area contributed by atoms with E-state index in [0.29, 0.717) is 28.3 Å². The Morgan fingerprint density at radius 3 is 2.39 bits per heavy atom. The molecule has 0 aliphatic carbocycles. The number of nitrogens with zero attached hydrogens (tertiary/aromatic N) is 1. The van der Waals surface area contributed by atoms with Gasteiger partial charge in [-0.05, 0) is 70.4 Å². The summed E-state index contributed by atoms with van der Waals surface area (Å²) in [5.74, 6) is -0.871. The van der Waals surface area contributed by atoms with Gasteiger partial charge in [-0.25, -0.2) is 0 Å². The van der Waals surface area contributed by atoms with Crippen molar-refractivity contribution in [3.8, 4) is 0 Å². The van der Waals surface area contributed by atoms with Crippen molar-refractivity contribution in [1.29, 1.82) is 0 Å². The van der Waals surface area contributed by atoms with Gasteiger partial charge in [0.2, 0.25) is 11.8 Å². The van der Waals surface area contributed by atoms with Crippen LogP contribution >= 0.6 is 22.6 Å². The summed E-state index contributed by atoms with van der Waals surface area (Å²) in [7, 11) is 0. The molecule has 4 aromatic rings. The smallest absolute Gasteiger partial charge is 0.256 e. The Hall–Kier alpha value is -3.72. The maximum Gasteiger partial charge on any atom is 0.256 e. The van der Waals surface area contributed by atoms with Crippen molar-refractivity contribution >= 4 is 73.8 Å². The fraction of sp³-hybridized carbons (Fsp3) is 0.0385. The first kappa shape index (κ1) is 21.1. The summed E-state index contributed by atoms with van der Waals surface area (Å²) in [4.78, 5) is 39.6. The lowest BCUT2D eigenvalue weighted by Crippen LogP contribution is -2.26. The summed E-state index contributed by atoms with van der Waals surface area (Å²) < 4.78 is 0.861. The van der Waals surface area contributed by atoms with E-state index in [2.05, 4.69) is 33.2 Å². The number of hydrogen-bond donors (Lipinski definition) is 2. The molecular formula is C26H18IN3O3. The first-order valence-electron chi connectivity index (χ1n) is 10.3. The van der Waals surface area contributed by atoms with Crippen molar-refractivity contribution in [3.63, 3.8) is 0 Å². The second-order valence-corrected chi connectivity index (χ2v) is 8.78. The summed E-state index contributed by atoms with van der Waals surface area (Å²) >= 11 is 2.13. The maximum atomic E-state index is 13.0. The number of hydrogen-bond acceptors (Lipinski definition) is 3. The van der Waals surface area contributed by atoms with Gasteiger partial charge in [0.1, 0.15) is 6.42 Å². The van der Waals surface area contributed by atoms with E-state index in [9.17, 15) is 14.4 Å². The molecule has 0 unspecified atom stereocenters. The minimum Gasteiger partial charge on any atom is -0.323 e. The molecule has 0 spiro atoms. The van der Waals surface area contributed by atoms with Gasteiger partial charge in [0.15, 0.2) is 0 Å². The molecule has 0 saturated heterocycles. The molecule has 3 amide bonds. The van der Waals surface area contributed by atoms with Crippen LogP contribution in [-0.2, 0) is 9.59 Å². The summed E-state index contributed by atoms with van der Waals surface area (Å²) in [6.45, 7) is 0. The van der Waals surface area contributed by atoms with Gasteiger partial charge in [0.25, 0.3) is 5.91 Å². The van der Waals surface area contributed by atoms with Gasteiger partial charge in [0.05, 0.1) is 16.9 Å². The SMILES string of the molecule is O=C1CC(=O)N(c2ccc(NC(=O)c3ccccc3I)cc2)c2ccc3ccccc3c2N1. The van der Waals surface area contributed by atoms with Gasteiger partial charge in [-0.15, -0.1) is 0 Å². The fourth-order valence-corrected chi connectivity index (χ4v) is 4.57. The first-order chi connectivity index (χ1) is 16.0. The molecule has 33 heavy (non-hydrogen) atoms. The normalized spacial score (nSPS) is 13.3. The Bertz CT molecular complexity index is 1420. The van der Waals surface area contributed by atoms with Crippen LogP contribution in [0.15, 0.2) is 84.9 Å². The zero-order valence-corrected chi connectivity index (χ0v) is 19.5. The Kier molecular flexibility index (Phi) is 5.55. The predicted molar refractivity (Wildman–Crippen MR) is 138 cm³/mol. The van der Waals surface area contributed by atoms with Crippen LogP contribution in [0.25, 0.3) is 10.8 Å². The van der Waals surface area contributed by atoms with Gasteiger partial charge in [-0.3, -0.25) is 19.3 Å². The second kappa shape index (κ2) is 8.67. The molecule has 6 nitrogen and oxygen atoms in total. The lowest BCUT2D eigenvalue weighted by atomic mass is 10.1. The average Bonchev–Trinajstić information content (AvgIpc) is 2.94. The van der Waals surface area contributed by atoms with Crippen LogP contribution < -0.4 is 15.5 Å². The van der Waals surface area contributed by atoms with Crippen LogP contribution in [0.5, 0.6) is 0 Å². The molecule has 162 valence electrons. The van der Waals surface area contributed by atoms with Crippen LogP contribution in [0.3, 0.4) is 0 Å². The number of fused-ring (bicyclic) bond motifs is 3. The largest absolute Gasteiger partial charge is 0.323 e. The van der Waals surface area contributed by atoms with Crippen molar-refractivity contribution in [3.05, 3.63) is 94.1 Å². The number of amides is 3. The van der Waals surface area contributed by atoms with Crippen LogP contribution in [0.4, 0.5) is 22.7 Å². The Morgan fingerprint density at radius 1 is 0.879 bits per heavy atom. The Balaban J connectivity index is 1.50. The third-order valence-corrected chi connectivity index (χ3v) is 6.42. The van der Waals surface area contributed by atoms with E-state index in [0.717, 1.165) is 14.3 Å². The average molecular weight is 547 g/mol.